The number of benzene rings is 1. The first-order valence-corrected chi connectivity index (χ1v) is 5.70. The molecule has 0 saturated carbocycles. The molecule has 0 radical (unpaired) electrons. The highest BCUT2D eigenvalue weighted by atomic mass is 16.4. The van der Waals surface area contributed by atoms with Crippen molar-refractivity contribution >= 4 is 23.5 Å². The monoisotopic (exact) mass is 264 g/mol. The molecule has 0 saturated heterocycles. The van der Waals surface area contributed by atoms with Crippen molar-refractivity contribution in [1.29, 1.82) is 0 Å². The third-order valence-corrected chi connectivity index (χ3v) is 2.68. The number of carboxylic acid groups (broad SMARTS) is 1. The van der Waals surface area contributed by atoms with E-state index in [1.165, 1.54) is 13.0 Å². The van der Waals surface area contributed by atoms with Crippen molar-refractivity contribution in [3.05, 3.63) is 28.8 Å². The number of hydrogen-bond donors (Lipinski definition) is 3. The molecule has 0 unspecified atom stereocenters. The number of carbonyl (C=O) groups is 3. The summed E-state index contributed by atoms with van der Waals surface area (Å²) in [5.74, 6) is -1.75. The normalized spacial score (nSPS) is 9.84. The molecule has 102 valence electrons. The Morgan fingerprint density at radius 1 is 1.21 bits per heavy atom. The average Bonchev–Trinajstić information content (AvgIpc) is 2.30. The minimum Gasteiger partial charge on any atom is -0.478 e. The Morgan fingerprint density at radius 2 is 1.84 bits per heavy atom. The van der Waals surface area contributed by atoms with Crippen molar-refractivity contribution < 1.29 is 19.5 Å². The van der Waals surface area contributed by atoms with Gasteiger partial charge in [0.1, 0.15) is 0 Å². The zero-order chi connectivity index (χ0) is 14.6. The first kappa shape index (κ1) is 14.7. The number of nitrogens with one attached hydrogen (secondary N) is 2. The molecule has 0 spiro atoms. The third-order valence-electron chi connectivity index (χ3n) is 2.68. The maximum absolute atomic E-state index is 11.5. The van der Waals surface area contributed by atoms with Crippen molar-refractivity contribution in [3.63, 3.8) is 0 Å². The second-order valence-electron chi connectivity index (χ2n) is 4.23. The Morgan fingerprint density at radius 3 is 2.37 bits per heavy atom. The Labute approximate surface area is 110 Å². The van der Waals surface area contributed by atoms with Gasteiger partial charge in [0.2, 0.25) is 11.8 Å². The number of carbonyl (C=O) groups excluding carboxylic acids is 2. The molecule has 0 atom stereocenters. The van der Waals surface area contributed by atoms with Gasteiger partial charge in [-0.25, -0.2) is 4.79 Å². The second kappa shape index (κ2) is 5.99. The van der Waals surface area contributed by atoms with Crippen LogP contribution >= 0.6 is 0 Å². The average molecular weight is 264 g/mol. The van der Waals surface area contributed by atoms with E-state index in [4.69, 9.17) is 5.11 Å². The van der Waals surface area contributed by atoms with Crippen LogP contribution in [0, 0.1) is 13.8 Å². The molecule has 0 aliphatic heterocycles. The number of carboxylic acids is 1. The highest BCUT2D eigenvalue weighted by molar-refractivity contribution is 5.97. The Hall–Kier alpha value is -2.37. The Kier molecular flexibility index (Phi) is 4.63. The van der Waals surface area contributed by atoms with E-state index < -0.39 is 11.9 Å². The predicted molar refractivity (Wildman–Crippen MR) is 70.2 cm³/mol. The van der Waals surface area contributed by atoms with Crippen LogP contribution in [0.2, 0.25) is 0 Å². The molecule has 2 amide bonds. The van der Waals surface area contributed by atoms with E-state index in [-0.39, 0.29) is 18.0 Å². The van der Waals surface area contributed by atoms with Crippen LogP contribution in [0.25, 0.3) is 0 Å². The molecule has 1 aromatic rings. The number of hydrogen-bond acceptors (Lipinski definition) is 3. The van der Waals surface area contributed by atoms with E-state index in [2.05, 4.69) is 10.6 Å². The summed E-state index contributed by atoms with van der Waals surface area (Å²) in [6.45, 7) is 4.64. The summed E-state index contributed by atoms with van der Waals surface area (Å²) in [5.41, 5.74) is 1.98. The summed E-state index contributed by atoms with van der Waals surface area (Å²) in [6.07, 6.45) is 0. The fourth-order valence-electron chi connectivity index (χ4n) is 1.56. The lowest BCUT2D eigenvalue weighted by Crippen LogP contribution is -2.31. The van der Waals surface area contributed by atoms with Crippen molar-refractivity contribution in [2.75, 3.05) is 11.9 Å². The largest absolute Gasteiger partial charge is 0.478 e. The molecule has 0 aromatic heterocycles. The van der Waals surface area contributed by atoms with Gasteiger partial charge in [-0.2, -0.15) is 0 Å². The minimum atomic E-state index is -1.04. The maximum Gasteiger partial charge on any atom is 0.336 e. The first-order chi connectivity index (χ1) is 8.81. The van der Waals surface area contributed by atoms with Crippen molar-refractivity contribution in [2.24, 2.45) is 0 Å². The van der Waals surface area contributed by atoms with E-state index in [1.807, 2.05) is 0 Å². The molecule has 0 heterocycles. The fourth-order valence-corrected chi connectivity index (χ4v) is 1.56. The van der Waals surface area contributed by atoms with Crippen LogP contribution in [-0.4, -0.2) is 29.4 Å². The van der Waals surface area contributed by atoms with E-state index in [0.717, 1.165) is 5.56 Å². The van der Waals surface area contributed by atoms with E-state index in [1.54, 1.807) is 19.9 Å². The molecule has 1 aromatic carbocycles. The van der Waals surface area contributed by atoms with Gasteiger partial charge in [-0.05, 0) is 37.1 Å². The number of aromatic carboxylic acids is 1. The SMILES string of the molecule is CC(=O)NCC(=O)Nc1cc(C)c(C)c(C(=O)O)c1. The van der Waals surface area contributed by atoms with Crippen LogP contribution in [0.3, 0.4) is 0 Å². The van der Waals surface area contributed by atoms with Gasteiger partial charge in [0.05, 0.1) is 12.1 Å². The molecule has 3 N–H and O–H groups in total. The summed E-state index contributed by atoms with van der Waals surface area (Å²) in [4.78, 5) is 33.3. The van der Waals surface area contributed by atoms with Crippen molar-refractivity contribution in [1.82, 2.24) is 5.32 Å². The van der Waals surface area contributed by atoms with Gasteiger partial charge in [-0.15, -0.1) is 0 Å². The van der Waals surface area contributed by atoms with Gasteiger partial charge in [0.15, 0.2) is 0 Å². The molecule has 0 aliphatic carbocycles. The van der Waals surface area contributed by atoms with Crippen LogP contribution in [0.5, 0.6) is 0 Å². The highest BCUT2D eigenvalue weighted by Gasteiger charge is 2.12. The predicted octanol–water partition coefficient (Wildman–Crippen LogP) is 1.08. The van der Waals surface area contributed by atoms with Crippen molar-refractivity contribution in [3.8, 4) is 0 Å². The lowest BCUT2D eigenvalue weighted by molar-refractivity contribution is -0.122. The standard InChI is InChI=1S/C13H16N2O4/c1-7-4-10(5-11(8(7)2)13(18)19)15-12(17)6-14-9(3)16/h4-5H,6H2,1-3H3,(H,14,16)(H,15,17)(H,18,19). The summed E-state index contributed by atoms with van der Waals surface area (Å²) < 4.78 is 0. The number of amides is 2. The molecular weight excluding hydrogens is 248 g/mol. The Bertz CT molecular complexity index is 538. The maximum atomic E-state index is 11.5. The summed E-state index contributed by atoms with van der Waals surface area (Å²) >= 11 is 0. The van der Waals surface area contributed by atoms with Gasteiger partial charge in [-0.1, -0.05) is 0 Å². The van der Waals surface area contributed by atoms with Gasteiger partial charge in [-0.3, -0.25) is 9.59 Å². The second-order valence-corrected chi connectivity index (χ2v) is 4.23. The van der Waals surface area contributed by atoms with Gasteiger partial charge >= 0.3 is 5.97 Å². The van der Waals surface area contributed by atoms with Gasteiger partial charge < -0.3 is 15.7 Å². The van der Waals surface area contributed by atoms with Crippen LogP contribution in [0.4, 0.5) is 5.69 Å². The third kappa shape index (κ3) is 4.09. The molecule has 6 nitrogen and oxygen atoms in total. The molecule has 0 bridgehead atoms. The van der Waals surface area contributed by atoms with E-state index in [0.29, 0.717) is 11.3 Å². The van der Waals surface area contributed by atoms with Gasteiger partial charge in [0, 0.05) is 12.6 Å². The smallest absolute Gasteiger partial charge is 0.336 e. The zero-order valence-corrected chi connectivity index (χ0v) is 11.0. The van der Waals surface area contributed by atoms with Crippen LogP contribution in [0.1, 0.15) is 28.4 Å². The highest BCUT2D eigenvalue weighted by Crippen LogP contribution is 2.19. The van der Waals surface area contributed by atoms with E-state index >= 15 is 0 Å². The molecule has 0 aliphatic rings. The summed E-state index contributed by atoms with van der Waals surface area (Å²) in [6, 6.07) is 3.09. The molecule has 19 heavy (non-hydrogen) atoms. The zero-order valence-electron chi connectivity index (χ0n) is 11.0. The molecular formula is C13H16N2O4. The Balaban J connectivity index is 2.87. The lowest BCUT2D eigenvalue weighted by atomic mass is 10.0. The van der Waals surface area contributed by atoms with Crippen LogP contribution in [0.15, 0.2) is 12.1 Å². The quantitative estimate of drug-likeness (QED) is 0.758. The fraction of sp³-hybridized carbons (Fsp3) is 0.308. The number of rotatable bonds is 4. The summed E-state index contributed by atoms with van der Waals surface area (Å²) in [7, 11) is 0. The number of anilines is 1. The number of aryl methyl sites for hydroxylation is 1. The lowest BCUT2D eigenvalue weighted by Gasteiger charge is -2.10. The van der Waals surface area contributed by atoms with Gasteiger partial charge in [0.25, 0.3) is 0 Å². The van der Waals surface area contributed by atoms with Crippen molar-refractivity contribution in [2.45, 2.75) is 20.8 Å². The van der Waals surface area contributed by atoms with Crippen LogP contribution < -0.4 is 10.6 Å². The topological polar surface area (TPSA) is 95.5 Å². The minimum absolute atomic E-state index is 0.148. The first-order valence-electron chi connectivity index (χ1n) is 5.70. The van der Waals surface area contributed by atoms with Crippen LogP contribution in [-0.2, 0) is 9.59 Å². The molecule has 0 fully saturated rings. The van der Waals surface area contributed by atoms with E-state index in [9.17, 15) is 14.4 Å². The molecule has 6 heteroatoms. The summed E-state index contributed by atoms with van der Waals surface area (Å²) in [5, 5.41) is 14.0. The molecule has 1 rings (SSSR count).